The number of hydrogen-bond acceptors (Lipinski definition) is 5. The minimum absolute atomic E-state index is 0.00975. The van der Waals surface area contributed by atoms with Crippen LogP contribution < -0.4 is 5.73 Å². The molecule has 0 aliphatic rings. The van der Waals surface area contributed by atoms with Gasteiger partial charge in [0.25, 0.3) is 10.1 Å². The smallest absolute Gasteiger partial charge is 0.328 e. The Kier molecular flexibility index (Phi) is 4.84. The van der Waals surface area contributed by atoms with Crippen molar-refractivity contribution in [2.75, 3.05) is 6.54 Å². The Balaban J connectivity index is 5.40. The molecule has 9 heteroatoms. The van der Waals surface area contributed by atoms with Gasteiger partial charge in [-0.3, -0.25) is 14.1 Å². The summed E-state index contributed by atoms with van der Waals surface area (Å²) >= 11 is 0. The van der Waals surface area contributed by atoms with Crippen LogP contribution in [-0.4, -0.2) is 46.4 Å². The summed E-state index contributed by atoms with van der Waals surface area (Å²) in [5, 5.41) is 17.3. The van der Waals surface area contributed by atoms with Gasteiger partial charge in [0.15, 0.2) is 0 Å². The molecule has 0 aromatic heterocycles. The van der Waals surface area contributed by atoms with Crippen molar-refractivity contribution in [3.63, 3.8) is 0 Å². The molecule has 0 aromatic rings. The topological polar surface area (TPSA) is 155 Å². The van der Waals surface area contributed by atoms with Crippen LogP contribution >= 0.6 is 0 Å². The number of carboxylic acids is 2. The molecule has 0 rings (SSSR count). The normalized spacial score (nSPS) is 15.4. The maximum atomic E-state index is 11.0. The summed E-state index contributed by atoms with van der Waals surface area (Å²) in [5.41, 5.74) is 5.09. The summed E-state index contributed by atoms with van der Waals surface area (Å²) < 4.78 is 28.2. The number of carbonyl (C=O) groups is 2. The van der Waals surface area contributed by atoms with E-state index in [-0.39, 0.29) is 13.0 Å². The van der Waals surface area contributed by atoms with Crippen LogP contribution in [0.25, 0.3) is 0 Å². The maximum absolute atomic E-state index is 11.0. The predicted octanol–water partition coefficient (Wildman–Crippen LogP) is -1.09. The van der Waals surface area contributed by atoms with Gasteiger partial charge in [0.05, 0.1) is 6.42 Å². The second-order valence-corrected chi connectivity index (χ2v) is 4.97. The van der Waals surface area contributed by atoms with E-state index in [2.05, 4.69) is 0 Å². The van der Waals surface area contributed by atoms with Crippen LogP contribution in [0.3, 0.4) is 0 Å². The fraction of sp³-hybridized carbons (Fsp3) is 0.714. The average molecular weight is 255 g/mol. The average Bonchev–Trinajstić information content (AvgIpc) is 2.09. The zero-order valence-corrected chi connectivity index (χ0v) is 9.11. The van der Waals surface area contributed by atoms with E-state index in [1.165, 1.54) is 0 Å². The molecule has 0 bridgehead atoms. The first kappa shape index (κ1) is 14.8. The molecule has 0 aliphatic carbocycles. The van der Waals surface area contributed by atoms with Crippen LogP contribution in [0.15, 0.2) is 0 Å². The molecule has 5 N–H and O–H groups in total. The summed E-state index contributed by atoms with van der Waals surface area (Å²) in [6.07, 6.45) is -1.79. The lowest BCUT2D eigenvalue weighted by Crippen LogP contribution is -2.48. The van der Waals surface area contributed by atoms with Crippen molar-refractivity contribution in [2.45, 2.75) is 24.0 Å². The van der Waals surface area contributed by atoms with E-state index in [4.69, 9.17) is 20.5 Å². The van der Waals surface area contributed by atoms with Gasteiger partial charge in [0.1, 0.15) is 0 Å². The lowest BCUT2D eigenvalue weighted by atomic mass is 9.98. The van der Waals surface area contributed by atoms with Crippen molar-refractivity contribution in [3.05, 3.63) is 0 Å². The molecular weight excluding hydrogens is 242 g/mol. The molecule has 0 saturated carbocycles. The van der Waals surface area contributed by atoms with Crippen LogP contribution in [0.4, 0.5) is 0 Å². The number of carboxylic acid groups (broad SMARTS) is 2. The first-order chi connectivity index (χ1) is 7.17. The van der Waals surface area contributed by atoms with Gasteiger partial charge in [-0.15, -0.1) is 0 Å². The van der Waals surface area contributed by atoms with Gasteiger partial charge in [0, 0.05) is 0 Å². The Labute approximate surface area is 91.8 Å². The van der Waals surface area contributed by atoms with Crippen molar-refractivity contribution in [3.8, 4) is 0 Å². The highest BCUT2D eigenvalue weighted by Gasteiger charge is 2.51. The van der Waals surface area contributed by atoms with Crippen molar-refractivity contribution in [1.82, 2.24) is 0 Å². The highest BCUT2D eigenvalue weighted by atomic mass is 32.2. The second kappa shape index (κ2) is 5.23. The van der Waals surface area contributed by atoms with Crippen molar-refractivity contribution >= 4 is 22.1 Å². The highest BCUT2D eigenvalue weighted by Crippen LogP contribution is 2.27. The zero-order chi connectivity index (χ0) is 13.0. The fourth-order valence-corrected chi connectivity index (χ4v) is 2.16. The fourth-order valence-electron chi connectivity index (χ4n) is 1.23. The number of nitrogens with two attached hydrogens (primary N) is 1. The predicted molar refractivity (Wildman–Crippen MR) is 52.5 cm³/mol. The van der Waals surface area contributed by atoms with Gasteiger partial charge in [0.2, 0.25) is 4.75 Å². The minimum Gasteiger partial charge on any atom is -0.481 e. The van der Waals surface area contributed by atoms with Crippen LogP contribution in [0.5, 0.6) is 0 Å². The molecule has 0 aliphatic heterocycles. The SMILES string of the molecule is NCCCC(CC(=O)O)(C(=O)O)S(=O)(=O)O. The zero-order valence-electron chi connectivity index (χ0n) is 8.29. The standard InChI is InChI=1S/C7H13NO7S/c8-3-1-2-7(6(11)12,4-5(9)10)16(13,14)15/h1-4,8H2,(H,9,10)(H,11,12)(H,13,14,15). The molecule has 0 aromatic carbocycles. The number of hydrogen-bond donors (Lipinski definition) is 4. The summed E-state index contributed by atoms with van der Waals surface area (Å²) in [6.45, 7) is -0.00975. The Bertz CT molecular complexity index is 376. The van der Waals surface area contributed by atoms with E-state index in [9.17, 15) is 18.0 Å². The third-order valence-electron chi connectivity index (χ3n) is 2.11. The summed E-state index contributed by atoms with van der Waals surface area (Å²) in [4.78, 5) is 21.3. The third kappa shape index (κ3) is 3.15. The Morgan fingerprint density at radius 3 is 2.00 bits per heavy atom. The molecule has 8 nitrogen and oxygen atoms in total. The van der Waals surface area contributed by atoms with E-state index >= 15 is 0 Å². The molecule has 0 amide bonds. The van der Waals surface area contributed by atoms with E-state index < -0.39 is 39.6 Å². The highest BCUT2D eigenvalue weighted by molar-refractivity contribution is 7.88. The molecule has 0 radical (unpaired) electrons. The van der Waals surface area contributed by atoms with Crippen molar-refractivity contribution < 1.29 is 32.8 Å². The van der Waals surface area contributed by atoms with E-state index in [0.29, 0.717) is 0 Å². The maximum Gasteiger partial charge on any atom is 0.328 e. The quantitative estimate of drug-likeness (QED) is 0.418. The van der Waals surface area contributed by atoms with Gasteiger partial charge < -0.3 is 15.9 Å². The molecule has 1 atom stereocenters. The minimum atomic E-state index is -5.03. The molecule has 0 heterocycles. The molecule has 1 unspecified atom stereocenters. The van der Waals surface area contributed by atoms with Gasteiger partial charge in [-0.1, -0.05) is 0 Å². The summed E-state index contributed by atoms with van der Waals surface area (Å²) in [7, 11) is -5.03. The van der Waals surface area contributed by atoms with Gasteiger partial charge in [-0.05, 0) is 19.4 Å². The summed E-state index contributed by atoms with van der Waals surface area (Å²) in [6, 6.07) is 0. The Hall–Kier alpha value is -1.19. The lowest BCUT2D eigenvalue weighted by molar-refractivity contribution is -0.147. The first-order valence-corrected chi connectivity index (χ1v) is 5.73. The van der Waals surface area contributed by atoms with Crippen LogP contribution in [0, 0.1) is 0 Å². The molecule has 0 spiro atoms. The van der Waals surface area contributed by atoms with Gasteiger partial charge in [-0.2, -0.15) is 8.42 Å². The Morgan fingerprint density at radius 2 is 1.75 bits per heavy atom. The largest absolute Gasteiger partial charge is 0.481 e. The van der Waals surface area contributed by atoms with E-state index in [1.54, 1.807) is 0 Å². The molecule has 0 fully saturated rings. The first-order valence-electron chi connectivity index (χ1n) is 4.29. The van der Waals surface area contributed by atoms with E-state index in [1.807, 2.05) is 0 Å². The van der Waals surface area contributed by atoms with Crippen LogP contribution in [0.1, 0.15) is 19.3 Å². The summed E-state index contributed by atoms with van der Waals surface area (Å²) in [5.74, 6) is -3.53. The molecule has 0 saturated heterocycles. The molecule has 16 heavy (non-hydrogen) atoms. The number of aliphatic carboxylic acids is 2. The van der Waals surface area contributed by atoms with Crippen LogP contribution in [0.2, 0.25) is 0 Å². The Morgan fingerprint density at radius 1 is 1.25 bits per heavy atom. The van der Waals surface area contributed by atoms with Gasteiger partial charge >= 0.3 is 11.9 Å². The monoisotopic (exact) mass is 255 g/mol. The van der Waals surface area contributed by atoms with Crippen LogP contribution in [-0.2, 0) is 19.7 Å². The van der Waals surface area contributed by atoms with Gasteiger partial charge in [-0.25, -0.2) is 0 Å². The molecular formula is C7H13NO7S. The molecule has 94 valence electrons. The van der Waals surface area contributed by atoms with Crippen molar-refractivity contribution in [2.24, 2.45) is 5.73 Å². The third-order valence-corrected chi connectivity index (χ3v) is 3.62. The van der Waals surface area contributed by atoms with Crippen molar-refractivity contribution in [1.29, 1.82) is 0 Å². The second-order valence-electron chi connectivity index (χ2n) is 3.24. The number of rotatable bonds is 7. The lowest BCUT2D eigenvalue weighted by Gasteiger charge is -2.23. The van der Waals surface area contributed by atoms with E-state index in [0.717, 1.165) is 0 Å².